The van der Waals surface area contributed by atoms with Crippen molar-refractivity contribution in [1.82, 2.24) is 10.2 Å². The molecule has 3 heterocycles. The third-order valence-electron chi connectivity index (χ3n) is 7.58. The Kier molecular flexibility index (Phi) is 6.20. The Labute approximate surface area is 216 Å². The van der Waals surface area contributed by atoms with Gasteiger partial charge in [0, 0.05) is 19.0 Å². The highest BCUT2D eigenvalue weighted by Gasteiger charge is 2.37. The van der Waals surface area contributed by atoms with Gasteiger partial charge in [-0.15, -0.1) is 0 Å². The average Bonchev–Trinajstić information content (AvgIpc) is 2.87. The second-order valence-electron chi connectivity index (χ2n) is 9.98. The van der Waals surface area contributed by atoms with Gasteiger partial charge in [-0.1, -0.05) is 24.6 Å². The normalized spacial score (nSPS) is 19.5. The van der Waals surface area contributed by atoms with Crippen LogP contribution in [0.5, 0.6) is 23.0 Å². The van der Waals surface area contributed by atoms with Crippen molar-refractivity contribution in [1.29, 1.82) is 0 Å². The minimum absolute atomic E-state index is 0.100. The third kappa shape index (κ3) is 4.61. The predicted molar refractivity (Wildman–Crippen MR) is 138 cm³/mol. The minimum atomic E-state index is -0.365. The molecular weight excluding hydrogens is 468 g/mol. The Morgan fingerprint density at radius 3 is 2.65 bits per heavy atom. The number of amides is 2. The molecule has 3 aromatic carbocycles. The molecule has 7 heteroatoms. The Hall–Kier alpha value is -4.00. The molecule has 3 aromatic rings. The van der Waals surface area contributed by atoms with Gasteiger partial charge in [-0.3, -0.25) is 9.59 Å². The van der Waals surface area contributed by atoms with E-state index in [1.807, 2.05) is 41.3 Å². The number of carbonyl (C=O) groups is 2. The van der Waals surface area contributed by atoms with E-state index in [1.165, 1.54) is 6.07 Å². The van der Waals surface area contributed by atoms with Crippen LogP contribution in [0.15, 0.2) is 60.7 Å². The molecular formula is C30H30N2O5. The summed E-state index contributed by atoms with van der Waals surface area (Å²) in [6.45, 7) is 1.47. The van der Waals surface area contributed by atoms with Gasteiger partial charge < -0.3 is 24.8 Å². The van der Waals surface area contributed by atoms with Crippen molar-refractivity contribution in [2.75, 3.05) is 19.7 Å². The summed E-state index contributed by atoms with van der Waals surface area (Å²) in [5.74, 6) is 1.74. The SMILES string of the molecule is O=C1NCCCOc2cccc(c2)C2c3ccc(cc3CCN2C(=O)C2CCC2)Oc2ccc(O)c1c2. The second-order valence-corrected chi connectivity index (χ2v) is 9.98. The molecule has 2 amide bonds. The quantitative estimate of drug-likeness (QED) is 0.495. The van der Waals surface area contributed by atoms with E-state index >= 15 is 0 Å². The van der Waals surface area contributed by atoms with Crippen molar-refractivity contribution < 1.29 is 24.2 Å². The molecule has 2 N–H and O–H groups in total. The lowest BCUT2D eigenvalue weighted by atomic mass is 9.81. The van der Waals surface area contributed by atoms with Gasteiger partial charge in [0.1, 0.15) is 23.0 Å². The van der Waals surface area contributed by atoms with Crippen LogP contribution in [0.25, 0.3) is 0 Å². The molecule has 4 aliphatic rings. The first kappa shape index (κ1) is 23.4. The molecule has 7 nitrogen and oxygen atoms in total. The monoisotopic (exact) mass is 498 g/mol. The summed E-state index contributed by atoms with van der Waals surface area (Å²) in [5.41, 5.74) is 3.41. The zero-order valence-electron chi connectivity index (χ0n) is 20.6. The highest BCUT2D eigenvalue weighted by Crippen LogP contribution is 2.41. The lowest BCUT2D eigenvalue weighted by Crippen LogP contribution is -2.45. The van der Waals surface area contributed by atoms with Gasteiger partial charge >= 0.3 is 0 Å². The van der Waals surface area contributed by atoms with Crippen molar-refractivity contribution in [3.8, 4) is 23.0 Å². The third-order valence-corrected chi connectivity index (χ3v) is 7.58. The van der Waals surface area contributed by atoms with Crippen LogP contribution in [0.4, 0.5) is 0 Å². The van der Waals surface area contributed by atoms with E-state index in [9.17, 15) is 14.7 Å². The molecule has 1 aliphatic carbocycles. The number of ether oxygens (including phenoxy) is 2. The average molecular weight is 499 g/mol. The molecule has 3 aliphatic heterocycles. The predicted octanol–water partition coefficient (Wildman–Crippen LogP) is 4.97. The van der Waals surface area contributed by atoms with Crippen LogP contribution in [0.2, 0.25) is 0 Å². The number of nitrogens with one attached hydrogen (secondary N) is 1. The van der Waals surface area contributed by atoms with Crippen molar-refractivity contribution in [2.24, 2.45) is 5.92 Å². The fraction of sp³-hybridized carbons (Fsp3) is 0.333. The molecule has 37 heavy (non-hydrogen) atoms. The minimum Gasteiger partial charge on any atom is -0.507 e. The highest BCUT2D eigenvalue weighted by molar-refractivity contribution is 5.97. The van der Waals surface area contributed by atoms with Crippen molar-refractivity contribution in [3.63, 3.8) is 0 Å². The lowest BCUT2D eigenvalue weighted by Gasteiger charge is -2.41. The number of hydrogen-bond donors (Lipinski definition) is 2. The van der Waals surface area contributed by atoms with E-state index in [0.29, 0.717) is 37.6 Å². The van der Waals surface area contributed by atoms with Crippen LogP contribution in [0.3, 0.4) is 0 Å². The number of hydrogen-bond acceptors (Lipinski definition) is 5. The van der Waals surface area contributed by atoms with Gasteiger partial charge in [0.05, 0.1) is 18.2 Å². The summed E-state index contributed by atoms with van der Waals surface area (Å²) < 4.78 is 12.1. The van der Waals surface area contributed by atoms with Gasteiger partial charge in [0.15, 0.2) is 0 Å². The molecule has 0 aromatic heterocycles. The molecule has 0 saturated heterocycles. The number of phenolic OH excluding ortho intramolecular Hbond substituents is 1. The van der Waals surface area contributed by atoms with Crippen molar-refractivity contribution >= 4 is 11.8 Å². The number of aromatic hydroxyl groups is 1. The van der Waals surface area contributed by atoms with Gasteiger partial charge in [-0.05, 0) is 84.8 Å². The molecule has 0 radical (unpaired) electrons. The summed E-state index contributed by atoms with van der Waals surface area (Å²) in [5, 5.41) is 13.1. The van der Waals surface area contributed by atoms with E-state index in [2.05, 4.69) is 11.4 Å². The van der Waals surface area contributed by atoms with Crippen LogP contribution >= 0.6 is 0 Å². The first-order valence-corrected chi connectivity index (χ1v) is 13.0. The molecule has 1 unspecified atom stereocenters. The van der Waals surface area contributed by atoms with Gasteiger partial charge in [-0.25, -0.2) is 0 Å². The molecule has 0 spiro atoms. The molecule has 7 rings (SSSR count). The van der Waals surface area contributed by atoms with E-state index in [0.717, 1.165) is 48.1 Å². The zero-order valence-corrected chi connectivity index (χ0v) is 20.6. The van der Waals surface area contributed by atoms with E-state index in [4.69, 9.17) is 9.47 Å². The first-order chi connectivity index (χ1) is 18.1. The van der Waals surface area contributed by atoms with Crippen LogP contribution in [-0.2, 0) is 11.2 Å². The summed E-state index contributed by atoms with van der Waals surface area (Å²) in [6, 6.07) is 18.4. The fourth-order valence-electron chi connectivity index (χ4n) is 5.38. The van der Waals surface area contributed by atoms with Crippen LogP contribution in [-0.4, -0.2) is 41.5 Å². The van der Waals surface area contributed by atoms with E-state index < -0.39 is 0 Å². The standard InChI is InChI=1S/C30H30N2O5/c33-27-11-9-24-18-26(27)29(34)31-13-3-15-36-22-7-2-6-21(17-22)28-25-10-8-23(37-24)16-20(25)12-14-32(28)30(35)19-4-1-5-19/h2,6-11,16-19,28,33H,1,3-5,12-15H2,(H,31,34). The van der Waals surface area contributed by atoms with Gasteiger partial charge in [0.25, 0.3) is 5.91 Å². The maximum Gasteiger partial charge on any atom is 0.255 e. The first-order valence-electron chi connectivity index (χ1n) is 13.0. The topological polar surface area (TPSA) is 88.1 Å². The van der Waals surface area contributed by atoms with E-state index in [-0.39, 0.29) is 35.1 Å². The number of benzene rings is 3. The number of phenols is 1. The number of carbonyl (C=O) groups excluding carboxylic acids is 2. The largest absolute Gasteiger partial charge is 0.507 e. The van der Waals surface area contributed by atoms with E-state index in [1.54, 1.807) is 12.1 Å². The molecule has 1 saturated carbocycles. The summed E-state index contributed by atoms with van der Waals surface area (Å²) >= 11 is 0. The van der Waals surface area contributed by atoms with Gasteiger partial charge in [-0.2, -0.15) is 0 Å². The van der Waals surface area contributed by atoms with Crippen LogP contribution in [0.1, 0.15) is 58.8 Å². The number of nitrogens with zero attached hydrogens (tertiary/aromatic N) is 1. The second kappa shape index (κ2) is 9.81. The lowest BCUT2D eigenvalue weighted by molar-refractivity contribution is -0.140. The van der Waals surface area contributed by atoms with Crippen molar-refractivity contribution in [3.05, 3.63) is 82.9 Å². The van der Waals surface area contributed by atoms with Crippen molar-refractivity contribution in [2.45, 2.75) is 38.1 Å². The Morgan fingerprint density at radius 2 is 1.81 bits per heavy atom. The highest BCUT2D eigenvalue weighted by atomic mass is 16.5. The Morgan fingerprint density at radius 1 is 0.973 bits per heavy atom. The summed E-state index contributed by atoms with van der Waals surface area (Å²) in [7, 11) is 0. The molecule has 8 bridgehead atoms. The fourth-order valence-corrected chi connectivity index (χ4v) is 5.38. The number of rotatable bonds is 1. The Balaban J connectivity index is 1.42. The van der Waals surface area contributed by atoms with Gasteiger partial charge in [0.2, 0.25) is 5.91 Å². The zero-order chi connectivity index (χ0) is 25.4. The Bertz CT molecular complexity index is 1350. The summed E-state index contributed by atoms with van der Waals surface area (Å²) in [4.78, 5) is 28.2. The molecule has 1 atom stereocenters. The number of fused-ring (bicyclic) bond motifs is 6. The molecule has 1 fully saturated rings. The summed E-state index contributed by atoms with van der Waals surface area (Å²) in [6.07, 6.45) is 4.40. The van der Waals surface area contributed by atoms with Crippen LogP contribution < -0.4 is 14.8 Å². The maximum absolute atomic E-state index is 13.5. The maximum atomic E-state index is 13.5. The smallest absolute Gasteiger partial charge is 0.255 e. The van der Waals surface area contributed by atoms with Crippen LogP contribution in [0, 0.1) is 5.92 Å². The molecule has 190 valence electrons.